The van der Waals surface area contributed by atoms with E-state index in [9.17, 15) is 13.8 Å². The number of nitrogens with one attached hydrogen (secondary N) is 1. The normalized spacial score (nSPS) is 15.3. The summed E-state index contributed by atoms with van der Waals surface area (Å²) in [6, 6.07) is 18.1. The molecule has 1 heterocycles. The second kappa shape index (κ2) is 12.2. The second-order valence-electron chi connectivity index (χ2n) is 7.87. The van der Waals surface area contributed by atoms with Crippen molar-refractivity contribution in [2.24, 2.45) is 0 Å². The number of likely N-dealkylation sites (tertiary alicyclic amines) is 1. The van der Waals surface area contributed by atoms with Crippen molar-refractivity contribution < 1.29 is 13.8 Å². The molecule has 166 valence electrons. The smallest absolute Gasteiger partial charge is 0.251 e. The fourth-order valence-electron chi connectivity index (χ4n) is 3.65. The van der Waals surface area contributed by atoms with E-state index in [0.29, 0.717) is 13.0 Å². The van der Waals surface area contributed by atoms with Crippen LogP contribution in [-0.2, 0) is 27.0 Å². The lowest BCUT2D eigenvalue weighted by molar-refractivity contribution is -0.143. The molecule has 2 aromatic carbocycles. The number of halogens is 1. The standard InChI is InChI=1S/C24H29BrN2O3S/c25-21-14-12-19(13-15-21)8-4-1-2-7-11-22(20-9-5-3-6-10-20)31(30)26-23(28)18-27-17-16-24(27)29/h3,5-6,9-10,12-15,22H,1-2,4,7-8,11,16-18H2,(H,26,28). The van der Waals surface area contributed by atoms with Gasteiger partial charge in [0.25, 0.3) is 5.91 Å². The molecule has 1 N–H and O–H groups in total. The van der Waals surface area contributed by atoms with Crippen molar-refractivity contribution in [3.8, 4) is 0 Å². The van der Waals surface area contributed by atoms with Crippen molar-refractivity contribution >= 4 is 38.7 Å². The minimum absolute atomic E-state index is 0.0118. The SMILES string of the molecule is O=C(CN1CCC1=O)NS(=O)C(CCCCCCc1ccc(Br)cc1)c1ccccc1. The summed E-state index contributed by atoms with van der Waals surface area (Å²) < 4.78 is 16.6. The molecule has 1 saturated heterocycles. The Morgan fingerprint density at radius 2 is 1.74 bits per heavy atom. The molecule has 1 aliphatic heterocycles. The summed E-state index contributed by atoms with van der Waals surface area (Å²) in [5.74, 6) is -0.384. The molecule has 0 aromatic heterocycles. The van der Waals surface area contributed by atoms with Crippen LogP contribution in [0, 0.1) is 0 Å². The first-order valence-electron chi connectivity index (χ1n) is 10.8. The van der Waals surface area contributed by atoms with Crippen molar-refractivity contribution in [2.45, 2.75) is 50.2 Å². The maximum Gasteiger partial charge on any atom is 0.251 e. The third kappa shape index (κ3) is 7.58. The van der Waals surface area contributed by atoms with Crippen LogP contribution in [0.25, 0.3) is 0 Å². The number of carbonyl (C=O) groups is 2. The lowest BCUT2D eigenvalue weighted by Gasteiger charge is -2.29. The predicted molar refractivity (Wildman–Crippen MR) is 128 cm³/mol. The maximum absolute atomic E-state index is 12.9. The summed E-state index contributed by atoms with van der Waals surface area (Å²) >= 11 is 3.46. The summed E-state index contributed by atoms with van der Waals surface area (Å²) in [7, 11) is -1.53. The minimum Gasteiger partial charge on any atom is -0.333 e. The largest absolute Gasteiger partial charge is 0.333 e. The highest BCUT2D eigenvalue weighted by Crippen LogP contribution is 2.26. The first-order valence-corrected chi connectivity index (χ1v) is 12.8. The summed E-state index contributed by atoms with van der Waals surface area (Å²) in [5, 5.41) is -0.247. The van der Waals surface area contributed by atoms with Crippen LogP contribution in [-0.4, -0.2) is 34.0 Å². The molecule has 1 aliphatic rings. The molecule has 2 amide bonds. The Hall–Kier alpha value is -1.99. The van der Waals surface area contributed by atoms with Gasteiger partial charge in [-0.05, 0) is 42.5 Å². The van der Waals surface area contributed by atoms with Gasteiger partial charge in [-0.2, -0.15) is 0 Å². The van der Waals surface area contributed by atoms with E-state index >= 15 is 0 Å². The summed E-state index contributed by atoms with van der Waals surface area (Å²) in [6.45, 7) is 0.587. The van der Waals surface area contributed by atoms with Crippen molar-refractivity contribution in [3.63, 3.8) is 0 Å². The van der Waals surface area contributed by atoms with Gasteiger partial charge < -0.3 is 4.90 Å². The molecular weight excluding hydrogens is 476 g/mol. The van der Waals surface area contributed by atoms with Crippen molar-refractivity contribution in [3.05, 3.63) is 70.2 Å². The lowest BCUT2D eigenvalue weighted by atomic mass is 10.0. The number of rotatable bonds is 12. The zero-order valence-corrected chi connectivity index (χ0v) is 20.0. The summed E-state index contributed by atoms with van der Waals surface area (Å²) in [6.07, 6.45) is 6.56. The van der Waals surface area contributed by atoms with Gasteiger partial charge in [-0.3, -0.25) is 14.3 Å². The van der Waals surface area contributed by atoms with E-state index in [1.54, 1.807) is 0 Å². The highest BCUT2D eigenvalue weighted by Gasteiger charge is 2.27. The number of carbonyl (C=O) groups excluding carboxylic acids is 2. The molecular formula is C24H29BrN2O3S. The van der Waals surface area contributed by atoms with Crippen LogP contribution in [0.15, 0.2) is 59.1 Å². The quantitative estimate of drug-likeness (QED) is 0.336. The number of hydrogen-bond donors (Lipinski definition) is 1. The van der Waals surface area contributed by atoms with Gasteiger partial charge in [-0.1, -0.05) is 77.7 Å². The number of aryl methyl sites for hydroxylation is 1. The summed E-state index contributed by atoms with van der Waals surface area (Å²) in [5.41, 5.74) is 2.31. The topological polar surface area (TPSA) is 66.5 Å². The summed E-state index contributed by atoms with van der Waals surface area (Å²) in [4.78, 5) is 25.1. The van der Waals surface area contributed by atoms with Crippen LogP contribution < -0.4 is 4.72 Å². The van der Waals surface area contributed by atoms with Crippen molar-refractivity contribution in [1.29, 1.82) is 0 Å². The third-order valence-electron chi connectivity index (χ3n) is 5.52. The maximum atomic E-state index is 12.9. The molecule has 2 aromatic rings. The third-order valence-corrected chi connectivity index (χ3v) is 7.50. The van der Waals surface area contributed by atoms with Crippen molar-refractivity contribution in [1.82, 2.24) is 9.62 Å². The molecule has 3 rings (SSSR count). The average Bonchev–Trinajstić information content (AvgIpc) is 2.77. The van der Waals surface area contributed by atoms with E-state index in [0.717, 1.165) is 48.6 Å². The second-order valence-corrected chi connectivity index (χ2v) is 10.2. The number of hydrogen-bond acceptors (Lipinski definition) is 3. The average molecular weight is 505 g/mol. The van der Waals surface area contributed by atoms with E-state index in [-0.39, 0.29) is 23.6 Å². The number of amides is 2. The molecule has 2 atom stereocenters. The van der Waals surface area contributed by atoms with Gasteiger partial charge in [0, 0.05) is 17.4 Å². The zero-order chi connectivity index (χ0) is 22.1. The van der Waals surface area contributed by atoms with Crippen LogP contribution in [0.3, 0.4) is 0 Å². The molecule has 0 aliphatic carbocycles. The van der Waals surface area contributed by atoms with Gasteiger partial charge in [-0.15, -0.1) is 0 Å². The number of benzene rings is 2. The van der Waals surface area contributed by atoms with Crippen LogP contribution in [0.1, 0.15) is 54.9 Å². The van der Waals surface area contributed by atoms with E-state index in [4.69, 9.17) is 0 Å². The molecule has 0 saturated carbocycles. The Bertz CT molecular complexity index is 889. The van der Waals surface area contributed by atoms with Crippen LogP contribution >= 0.6 is 15.9 Å². The van der Waals surface area contributed by atoms with E-state index < -0.39 is 11.0 Å². The molecule has 1 fully saturated rings. The molecule has 0 bridgehead atoms. The van der Waals surface area contributed by atoms with Gasteiger partial charge in [0.1, 0.15) is 17.5 Å². The Morgan fingerprint density at radius 1 is 1.03 bits per heavy atom. The molecule has 5 nitrogen and oxygen atoms in total. The van der Waals surface area contributed by atoms with Crippen LogP contribution in [0.2, 0.25) is 0 Å². The zero-order valence-electron chi connectivity index (χ0n) is 17.6. The Balaban J connectivity index is 1.45. The first-order chi connectivity index (χ1) is 15.0. The lowest BCUT2D eigenvalue weighted by Crippen LogP contribution is -2.49. The Kier molecular flexibility index (Phi) is 9.28. The molecule has 7 heteroatoms. The van der Waals surface area contributed by atoms with Gasteiger partial charge >= 0.3 is 0 Å². The monoisotopic (exact) mass is 504 g/mol. The minimum atomic E-state index is -1.53. The fraction of sp³-hybridized carbons (Fsp3) is 0.417. The predicted octanol–water partition coefficient (Wildman–Crippen LogP) is 4.70. The van der Waals surface area contributed by atoms with E-state index in [1.807, 2.05) is 30.3 Å². The van der Waals surface area contributed by atoms with Gasteiger partial charge in [0.05, 0.1) is 5.25 Å². The number of unbranched alkanes of at least 4 members (excludes halogenated alkanes) is 3. The molecule has 2 unspecified atom stereocenters. The van der Waals surface area contributed by atoms with Gasteiger partial charge in [0.2, 0.25) is 5.91 Å². The van der Waals surface area contributed by atoms with Crippen LogP contribution in [0.5, 0.6) is 0 Å². The number of nitrogens with zero attached hydrogens (tertiary/aromatic N) is 1. The Morgan fingerprint density at radius 3 is 2.39 bits per heavy atom. The molecule has 0 radical (unpaired) electrons. The number of β-lactam (4-membered cyclic amide) rings is 1. The fourth-order valence-corrected chi connectivity index (χ4v) is 5.13. The van der Waals surface area contributed by atoms with Gasteiger partial charge in [0.15, 0.2) is 0 Å². The van der Waals surface area contributed by atoms with Crippen LogP contribution in [0.4, 0.5) is 0 Å². The van der Waals surface area contributed by atoms with E-state index in [1.165, 1.54) is 10.5 Å². The molecule has 31 heavy (non-hydrogen) atoms. The highest BCUT2D eigenvalue weighted by molar-refractivity contribution is 9.10. The molecule has 0 spiro atoms. The first kappa shape index (κ1) is 23.7. The van der Waals surface area contributed by atoms with Crippen molar-refractivity contribution in [2.75, 3.05) is 13.1 Å². The van der Waals surface area contributed by atoms with Gasteiger partial charge in [-0.25, -0.2) is 4.21 Å². The Labute approximate surface area is 195 Å². The van der Waals surface area contributed by atoms with E-state index in [2.05, 4.69) is 44.9 Å². The highest BCUT2D eigenvalue weighted by atomic mass is 79.9.